The molecule has 26 heavy (non-hydrogen) atoms. The van der Waals surface area contributed by atoms with E-state index in [0.717, 1.165) is 13.0 Å². The summed E-state index contributed by atoms with van der Waals surface area (Å²) in [7, 11) is 0. The molecule has 2 aliphatic rings. The summed E-state index contributed by atoms with van der Waals surface area (Å²) in [6.45, 7) is 1.14. The van der Waals surface area contributed by atoms with Crippen LogP contribution < -0.4 is 10.2 Å². The van der Waals surface area contributed by atoms with Crippen LogP contribution in [0.1, 0.15) is 33.9 Å². The molecule has 0 saturated carbocycles. The van der Waals surface area contributed by atoms with E-state index in [1.165, 1.54) is 38.3 Å². The maximum Gasteiger partial charge on any atom is 0.197 e. The van der Waals surface area contributed by atoms with Crippen molar-refractivity contribution in [3.8, 4) is 0 Å². The third-order valence-corrected chi connectivity index (χ3v) is 6.88. The second kappa shape index (κ2) is 5.47. The lowest BCUT2D eigenvalue weighted by Gasteiger charge is -2.42. The lowest BCUT2D eigenvalue weighted by atomic mass is 9.89. The highest BCUT2D eigenvalue weighted by atomic mass is 32.1. The summed E-state index contributed by atoms with van der Waals surface area (Å²) >= 11 is 1.85. The van der Waals surface area contributed by atoms with Crippen LogP contribution in [0.3, 0.4) is 0 Å². The SMILES string of the molecule is c1csc([C@@H]2Nc3ccccc3[C@H]3c4[nH]c5ccccc5c4CC[NH+]32)c1. The number of hydrogen-bond donors (Lipinski definition) is 3. The van der Waals surface area contributed by atoms with E-state index in [0.29, 0.717) is 12.2 Å². The molecule has 0 bridgehead atoms. The Morgan fingerprint density at radius 2 is 1.85 bits per heavy atom. The minimum atomic E-state index is 0.314. The van der Waals surface area contributed by atoms with Crippen LogP contribution in [0, 0.1) is 0 Å². The molecule has 0 spiro atoms. The Balaban J connectivity index is 1.59. The van der Waals surface area contributed by atoms with Gasteiger partial charge in [0.15, 0.2) is 12.2 Å². The zero-order chi connectivity index (χ0) is 17.1. The molecule has 0 fully saturated rings. The Morgan fingerprint density at radius 3 is 2.77 bits per heavy atom. The van der Waals surface area contributed by atoms with Crippen LogP contribution in [0.15, 0.2) is 66.0 Å². The van der Waals surface area contributed by atoms with Gasteiger partial charge in [-0.2, -0.15) is 0 Å². The summed E-state index contributed by atoms with van der Waals surface area (Å²) < 4.78 is 0. The number of nitrogens with one attached hydrogen (secondary N) is 3. The number of thiophene rings is 1. The highest BCUT2D eigenvalue weighted by Gasteiger charge is 2.44. The van der Waals surface area contributed by atoms with E-state index in [4.69, 9.17) is 0 Å². The Morgan fingerprint density at radius 1 is 0.962 bits per heavy atom. The molecule has 2 aromatic carbocycles. The lowest BCUT2D eigenvalue weighted by molar-refractivity contribution is -0.956. The molecule has 2 aliphatic heterocycles. The van der Waals surface area contributed by atoms with Gasteiger partial charge in [0, 0.05) is 28.6 Å². The number of hydrogen-bond acceptors (Lipinski definition) is 2. The fraction of sp³-hybridized carbons (Fsp3) is 0.182. The third-order valence-electron chi connectivity index (χ3n) is 5.94. The monoisotopic (exact) mass is 358 g/mol. The first-order valence-electron chi connectivity index (χ1n) is 9.24. The average Bonchev–Trinajstić information content (AvgIpc) is 3.34. The summed E-state index contributed by atoms with van der Waals surface area (Å²) in [5, 5.41) is 7.40. The normalized spacial score (nSPS) is 23.8. The predicted molar refractivity (Wildman–Crippen MR) is 107 cm³/mol. The number of benzene rings is 2. The van der Waals surface area contributed by atoms with Crippen LogP contribution in [0.25, 0.3) is 10.9 Å². The maximum absolute atomic E-state index is 3.82. The number of H-pyrrole nitrogens is 1. The quantitative estimate of drug-likeness (QED) is 0.474. The number of quaternary nitrogens is 1. The molecule has 3 nitrogen and oxygen atoms in total. The Hall–Kier alpha value is -2.56. The van der Waals surface area contributed by atoms with Crippen LogP contribution in [-0.4, -0.2) is 11.5 Å². The summed E-state index contributed by atoms with van der Waals surface area (Å²) in [6.07, 6.45) is 1.44. The third kappa shape index (κ3) is 1.97. The minimum Gasteiger partial charge on any atom is -0.353 e. The molecule has 0 radical (unpaired) electrons. The van der Waals surface area contributed by atoms with Crippen molar-refractivity contribution in [3.63, 3.8) is 0 Å². The Kier molecular flexibility index (Phi) is 3.07. The highest BCUT2D eigenvalue weighted by Crippen LogP contribution is 2.38. The minimum absolute atomic E-state index is 0.314. The van der Waals surface area contributed by atoms with Gasteiger partial charge >= 0.3 is 0 Å². The molecule has 1 unspecified atom stereocenters. The highest BCUT2D eigenvalue weighted by molar-refractivity contribution is 7.10. The number of aromatic amines is 1. The van der Waals surface area contributed by atoms with Crippen molar-refractivity contribution < 1.29 is 4.90 Å². The predicted octanol–water partition coefficient (Wildman–Crippen LogP) is 3.88. The van der Waals surface area contributed by atoms with Gasteiger partial charge in [-0.15, -0.1) is 11.3 Å². The fourth-order valence-electron chi connectivity index (χ4n) is 4.84. The van der Waals surface area contributed by atoms with Crippen molar-refractivity contribution in [3.05, 3.63) is 87.7 Å². The van der Waals surface area contributed by atoms with Gasteiger partial charge in [-0.25, -0.2) is 0 Å². The van der Waals surface area contributed by atoms with Gasteiger partial charge in [0.05, 0.1) is 17.1 Å². The molecule has 2 aromatic heterocycles. The van der Waals surface area contributed by atoms with Gasteiger partial charge in [0.2, 0.25) is 0 Å². The van der Waals surface area contributed by atoms with E-state index < -0.39 is 0 Å². The summed E-state index contributed by atoms with van der Waals surface area (Å²) in [4.78, 5) is 6.79. The summed E-state index contributed by atoms with van der Waals surface area (Å²) in [5.41, 5.74) is 6.86. The second-order valence-corrected chi connectivity index (χ2v) is 8.23. The van der Waals surface area contributed by atoms with Gasteiger partial charge in [0.25, 0.3) is 0 Å². The van der Waals surface area contributed by atoms with Crippen molar-refractivity contribution in [1.29, 1.82) is 0 Å². The van der Waals surface area contributed by atoms with Gasteiger partial charge < -0.3 is 10.3 Å². The zero-order valence-corrected chi connectivity index (χ0v) is 15.1. The van der Waals surface area contributed by atoms with Crippen molar-refractivity contribution in [2.45, 2.75) is 18.6 Å². The molecule has 0 aliphatic carbocycles. The standard InChI is InChI=1S/C22H19N3S/c1-3-8-17-14(6-1)15-11-12-25-21(20(15)23-17)16-7-2-4-9-18(16)24-22(25)19-10-5-13-26-19/h1-10,13,21-24H,11-12H2/p+1/t21-,22+/m0/s1. The van der Waals surface area contributed by atoms with Crippen LogP contribution in [0.2, 0.25) is 0 Å². The molecule has 6 rings (SSSR count). The van der Waals surface area contributed by atoms with Gasteiger partial charge in [-0.1, -0.05) is 42.5 Å². The lowest BCUT2D eigenvalue weighted by Crippen LogP contribution is -3.15. The van der Waals surface area contributed by atoms with Crippen molar-refractivity contribution in [1.82, 2.24) is 4.98 Å². The van der Waals surface area contributed by atoms with E-state index in [9.17, 15) is 0 Å². The van der Waals surface area contributed by atoms with Crippen LogP contribution in [-0.2, 0) is 6.42 Å². The number of rotatable bonds is 1. The average molecular weight is 358 g/mol. The van der Waals surface area contributed by atoms with Gasteiger partial charge in [0.1, 0.15) is 0 Å². The van der Waals surface area contributed by atoms with E-state index in [2.05, 4.69) is 76.3 Å². The molecule has 3 N–H and O–H groups in total. The van der Waals surface area contributed by atoms with Crippen molar-refractivity contribution >= 4 is 27.9 Å². The number of fused-ring (bicyclic) bond motifs is 7. The molecule has 4 aromatic rings. The molecule has 0 amide bonds. The first-order chi connectivity index (χ1) is 12.9. The summed E-state index contributed by atoms with van der Waals surface area (Å²) in [6, 6.07) is 22.3. The smallest absolute Gasteiger partial charge is 0.197 e. The van der Waals surface area contributed by atoms with Gasteiger partial charge in [-0.3, -0.25) is 4.90 Å². The van der Waals surface area contributed by atoms with Crippen LogP contribution >= 0.6 is 11.3 Å². The molecular weight excluding hydrogens is 338 g/mol. The number of aromatic nitrogens is 1. The molecule has 4 heterocycles. The largest absolute Gasteiger partial charge is 0.353 e. The van der Waals surface area contributed by atoms with E-state index in [1.54, 1.807) is 4.90 Å². The van der Waals surface area contributed by atoms with E-state index in [1.807, 2.05) is 11.3 Å². The maximum atomic E-state index is 3.82. The number of para-hydroxylation sites is 2. The molecule has 4 heteroatoms. The first-order valence-corrected chi connectivity index (χ1v) is 10.1. The van der Waals surface area contributed by atoms with E-state index >= 15 is 0 Å². The number of anilines is 1. The Bertz CT molecular complexity index is 1100. The molecular formula is C22H20N3S+. The molecule has 0 saturated heterocycles. The van der Waals surface area contributed by atoms with Crippen molar-refractivity contribution in [2.24, 2.45) is 0 Å². The zero-order valence-electron chi connectivity index (χ0n) is 14.3. The molecule has 128 valence electrons. The molecule has 3 atom stereocenters. The van der Waals surface area contributed by atoms with Crippen LogP contribution in [0.4, 0.5) is 5.69 Å². The van der Waals surface area contributed by atoms with Crippen molar-refractivity contribution in [2.75, 3.05) is 11.9 Å². The first kappa shape index (κ1) is 14.6. The second-order valence-electron chi connectivity index (χ2n) is 7.25. The Labute approximate surface area is 156 Å². The van der Waals surface area contributed by atoms with Crippen LogP contribution in [0.5, 0.6) is 0 Å². The summed E-state index contributed by atoms with van der Waals surface area (Å²) in [5.74, 6) is 0. The van der Waals surface area contributed by atoms with E-state index in [-0.39, 0.29) is 0 Å². The van der Waals surface area contributed by atoms with Gasteiger partial charge in [-0.05, 0) is 29.1 Å². The fourth-order valence-corrected chi connectivity index (χ4v) is 5.66. The topological polar surface area (TPSA) is 32.3 Å².